The van der Waals surface area contributed by atoms with Crippen molar-refractivity contribution < 1.29 is 14.7 Å². The lowest BCUT2D eigenvalue weighted by atomic mass is 9.89. The first-order valence-corrected chi connectivity index (χ1v) is 7.31. The minimum absolute atomic E-state index is 0.177. The highest BCUT2D eigenvalue weighted by Gasteiger charge is 2.48. The molecule has 1 fully saturated rings. The quantitative estimate of drug-likeness (QED) is 0.874. The summed E-state index contributed by atoms with van der Waals surface area (Å²) in [5.41, 5.74) is 7.24. The zero-order valence-corrected chi connectivity index (χ0v) is 12.1. The molecule has 21 heavy (non-hydrogen) atoms. The van der Waals surface area contributed by atoms with Crippen molar-refractivity contribution >= 4 is 11.9 Å². The Morgan fingerprint density at radius 2 is 1.90 bits per heavy atom. The van der Waals surface area contributed by atoms with E-state index >= 15 is 0 Å². The highest BCUT2D eigenvalue weighted by atomic mass is 16.4. The Balaban J connectivity index is 1.92. The van der Waals surface area contributed by atoms with E-state index in [-0.39, 0.29) is 11.8 Å². The van der Waals surface area contributed by atoms with Crippen LogP contribution >= 0.6 is 0 Å². The molecular weight excluding hydrogens is 268 g/mol. The number of benzene rings is 1. The Hall–Kier alpha value is -1.88. The molecule has 0 bridgehead atoms. The minimum Gasteiger partial charge on any atom is -0.480 e. The number of carbonyl (C=O) groups excluding carboxylic acids is 1. The number of amides is 1. The lowest BCUT2D eigenvalue weighted by Gasteiger charge is -2.39. The van der Waals surface area contributed by atoms with E-state index in [9.17, 15) is 14.7 Å². The molecule has 0 radical (unpaired) electrons. The molecule has 1 unspecified atom stereocenters. The molecule has 1 aromatic rings. The van der Waals surface area contributed by atoms with Gasteiger partial charge in [0.2, 0.25) is 5.91 Å². The summed E-state index contributed by atoms with van der Waals surface area (Å²) in [6, 6.07) is 6.85. The zero-order chi connectivity index (χ0) is 15.2. The molecule has 0 saturated heterocycles. The van der Waals surface area contributed by atoms with Crippen LogP contribution in [0.25, 0.3) is 0 Å². The highest BCUT2D eigenvalue weighted by Crippen LogP contribution is 2.40. The Morgan fingerprint density at radius 1 is 1.29 bits per heavy atom. The van der Waals surface area contributed by atoms with Gasteiger partial charge < -0.3 is 15.7 Å². The number of nitrogens with zero attached hydrogens (tertiary/aromatic N) is 1. The van der Waals surface area contributed by atoms with Crippen LogP contribution in [-0.2, 0) is 22.6 Å². The molecule has 1 aromatic carbocycles. The number of carbonyl (C=O) groups is 2. The van der Waals surface area contributed by atoms with Gasteiger partial charge in [0, 0.05) is 13.0 Å². The van der Waals surface area contributed by atoms with Crippen LogP contribution in [0.5, 0.6) is 0 Å². The van der Waals surface area contributed by atoms with Gasteiger partial charge in [-0.15, -0.1) is 0 Å². The van der Waals surface area contributed by atoms with Crippen LogP contribution in [0.15, 0.2) is 24.3 Å². The molecule has 1 aliphatic carbocycles. The Bertz CT molecular complexity index is 593. The number of carboxylic acid groups (broad SMARTS) is 1. The number of hydrogen-bond acceptors (Lipinski definition) is 3. The van der Waals surface area contributed by atoms with Gasteiger partial charge >= 0.3 is 5.97 Å². The topological polar surface area (TPSA) is 83.6 Å². The van der Waals surface area contributed by atoms with Crippen molar-refractivity contribution in [3.8, 4) is 0 Å². The summed E-state index contributed by atoms with van der Waals surface area (Å²) < 4.78 is 0. The van der Waals surface area contributed by atoms with Crippen LogP contribution in [-0.4, -0.2) is 33.5 Å². The number of hydrogen-bond donors (Lipinski definition) is 2. The predicted octanol–water partition coefficient (Wildman–Crippen LogP) is 1.15. The van der Waals surface area contributed by atoms with E-state index < -0.39 is 17.6 Å². The molecule has 0 aromatic heterocycles. The molecule has 5 nitrogen and oxygen atoms in total. The fourth-order valence-electron chi connectivity index (χ4n) is 3.12. The van der Waals surface area contributed by atoms with E-state index in [2.05, 4.69) is 0 Å². The van der Waals surface area contributed by atoms with Crippen LogP contribution in [0.1, 0.15) is 30.9 Å². The molecule has 3 N–H and O–H groups in total. The van der Waals surface area contributed by atoms with Crippen LogP contribution in [0.3, 0.4) is 0 Å². The third-order valence-corrected chi connectivity index (χ3v) is 4.68. The van der Waals surface area contributed by atoms with Crippen molar-refractivity contribution in [3.63, 3.8) is 0 Å². The summed E-state index contributed by atoms with van der Waals surface area (Å²) in [7, 11) is 0. The first kappa shape index (κ1) is 14.1. The molecular formula is C16H20N2O3. The minimum atomic E-state index is -0.968. The summed E-state index contributed by atoms with van der Waals surface area (Å²) in [4.78, 5) is 25.8. The summed E-state index contributed by atoms with van der Waals surface area (Å²) in [6.45, 7) is 2.05. The fraction of sp³-hybridized carbons (Fsp3) is 0.500. The first-order chi connectivity index (χ1) is 9.91. The van der Waals surface area contributed by atoms with Crippen molar-refractivity contribution in [2.75, 3.05) is 0 Å². The van der Waals surface area contributed by atoms with E-state index in [1.807, 2.05) is 24.3 Å². The van der Waals surface area contributed by atoms with Crippen molar-refractivity contribution in [2.24, 2.45) is 11.7 Å². The predicted molar refractivity (Wildman–Crippen MR) is 77.4 cm³/mol. The van der Waals surface area contributed by atoms with E-state index in [0.29, 0.717) is 13.0 Å². The zero-order valence-electron chi connectivity index (χ0n) is 12.1. The van der Waals surface area contributed by atoms with Gasteiger partial charge in [0.25, 0.3) is 0 Å². The fourth-order valence-corrected chi connectivity index (χ4v) is 3.12. The third-order valence-electron chi connectivity index (χ3n) is 4.68. The van der Waals surface area contributed by atoms with Crippen molar-refractivity contribution in [1.29, 1.82) is 0 Å². The average molecular weight is 288 g/mol. The van der Waals surface area contributed by atoms with Gasteiger partial charge in [0.05, 0.1) is 5.54 Å². The third kappa shape index (κ3) is 2.42. The monoisotopic (exact) mass is 288 g/mol. The summed E-state index contributed by atoms with van der Waals surface area (Å²) >= 11 is 0. The standard InChI is InChI=1S/C16H20N2O3/c1-16(17,12-6-7-12)15(21)18-9-11-5-3-2-4-10(11)8-13(18)14(19)20/h2-5,12-13H,6-9,17H2,1H3,(H,19,20)/t13-,16?/m0/s1. The number of fused-ring (bicyclic) bond motifs is 1. The largest absolute Gasteiger partial charge is 0.480 e. The van der Waals surface area contributed by atoms with Gasteiger partial charge in [-0.3, -0.25) is 4.79 Å². The van der Waals surface area contributed by atoms with Gasteiger partial charge in [0.1, 0.15) is 6.04 Å². The summed E-state index contributed by atoms with van der Waals surface area (Å²) in [6.07, 6.45) is 2.24. The van der Waals surface area contributed by atoms with Crippen molar-refractivity contribution in [3.05, 3.63) is 35.4 Å². The molecule has 1 amide bonds. The SMILES string of the molecule is CC(N)(C(=O)N1Cc2ccccc2C[C@H]1C(=O)O)C1CC1. The molecule has 2 atom stereocenters. The van der Waals surface area contributed by atoms with Crippen LogP contribution in [0, 0.1) is 5.92 Å². The summed E-state index contributed by atoms with van der Waals surface area (Å²) in [5.74, 6) is -1.03. The van der Waals surface area contributed by atoms with Gasteiger partial charge in [-0.2, -0.15) is 0 Å². The van der Waals surface area contributed by atoms with Crippen LogP contribution in [0.4, 0.5) is 0 Å². The molecule has 112 valence electrons. The maximum absolute atomic E-state index is 12.8. The van der Waals surface area contributed by atoms with E-state index in [4.69, 9.17) is 5.73 Å². The molecule has 0 spiro atoms. The Kier molecular flexibility index (Phi) is 3.24. The van der Waals surface area contributed by atoms with Crippen molar-refractivity contribution in [1.82, 2.24) is 4.90 Å². The smallest absolute Gasteiger partial charge is 0.326 e. The van der Waals surface area contributed by atoms with Gasteiger partial charge in [-0.1, -0.05) is 24.3 Å². The Morgan fingerprint density at radius 3 is 2.48 bits per heavy atom. The molecule has 3 rings (SSSR count). The second-order valence-electron chi connectivity index (χ2n) is 6.32. The van der Waals surface area contributed by atoms with Crippen LogP contribution < -0.4 is 5.73 Å². The first-order valence-electron chi connectivity index (χ1n) is 7.31. The second kappa shape index (κ2) is 4.84. The number of rotatable bonds is 3. The maximum atomic E-state index is 12.8. The van der Waals surface area contributed by atoms with E-state index in [1.165, 1.54) is 4.90 Å². The maximum Gasteiger partial charge on any atom is 0.326 e. The molecule has 2 aliphatic rings. The molecule has 1 aliphatic heterocycles. The molecule has 1 saturated carbocycles. The molecule has 5 heteroatoms. The van der Waals surface area contributed by atoms with E-state index in [0.717, 1.165) is 24.0 Å². The lowest BCUT2D eigenvalue weighted by molar-refractivity contribution is -0.154. The average Bonchev–Trinajstić information content (AvgIpc) is 3.30. The number of carboxylic acids is 1. The van der Waals surface area contributed by atoms with Gasteiger partial charge in [-0.25, -0.2) is 4.79 Å². The van der Waals surface area contributed by atoms with Gasteiger partial charge in [-0.05, 0) is 36.8 Å². The van der Waals surface area contributed by atoms with Gasteiger partial charge in [0.15, 0.2) is 0 Å². The highest BCUT2D eigenvalue weighted by molar-refractivity contribution is 5.91. The molecule has 1 heterocycles. The Labute approximate surface area is 123 Å². The van der Waals surface area contributed by atoms with Crippen LogP contribution in [0.2, 0.25) is 0 Å². The van der Waals surface area contributed by atoms with E-state index in [1.54, 1.807) is 6.92 Å². The summed E-state index contributed by atoms with van der Waals surface area (Å²) in [5, 5.41) is 9.47. The number of nitrogens with two attached hydrogens (primary N) is 1. The van der Waals surface area contributed by atoms with Crippen molar-refractivity contribution in [2.45, 2.75) is 44.3 Å². The lowest BCUT2D eigenvalue weighted by Crippen LogP contribution is -2.60. The normalized spacial score (nSPS) is 24.1. The number of aliphatic carboxylic acids is 1. The second-order valence-corrected chi connectivity index (χ2v) is 6.32.